The van der Waals surface area contributed by atoms with Gasteiger partial charge >= 0.3 is 0 Å². The summed E-state index contributed by atoms with van der Waals surface area (Å²) in [4.78, 5) is 11.0. The molecule has 2 atom stereocenters. The van der Waals surface area contributed by atoms with E-state index in [9.17, 15) is 4.79 Å². The molecule has 0 aromatic carbocycles. The van der Waals surface area contributed by atoms with E-state index >= 15 is 0 Å². The number of carbonyl (C=O) groups is 1. The van der Waals surface area contributed by atoms with E-state index in [1.807, 2.05) is 6.92 Å². The fraction of sp³-hybridized carbons (Fsp3) is 0.900. The highest BCUT2D eigenvalue weighted by Gasteiger charge is 2.38. The SMILES string of the molecule is CCOC1(C=O)CCCCC1C. The molecule has 2 nitrogen and oxygen atoms in total. The first-order chi connectivity index (χ1) is 5.75. The summed E-state index contributed by atoms with van der Waals surface area (Å²) in [6.45, 7) is 4.71. The van der Waals surface area contributed by atoms with Crippen molar-refractivity contribution in [2.45, 2.75) is 45.1 Å². The van der Waals surface area contributed by atoms with Crippen LogP contribution >= 0.6 is 0 Å². The van der Waals surface area contributed by atoms with Gasteiger partial charge in [-0.3, -0.25) is 0 Å². The zero-order valence-electron chi connectivity index (χ0n) is 8.01. The Morgan fingerprint density at radius 1 is 1.58 bits per heavy atom. The zero-order chi connectivity index (χ0) is 9.03. The predicted octanol–water partition coefficient (Wildman–Crippen LogP) is 2.17. The van der Waals surface area contributed by atoms with Gasteiger partial charge in [-0.1, -0.05) is 19.8 Å². The van der Waals surface area contributed by atoms with Crippen LogP contribution in [0.4, 0.5) is 0 Å². The number of ether oxygens (including phenoxy) is 1. The zero-order valence-corrected chi connectivity index (χ0v) is 8.01. The van der Waals surface area contributed by atoms with Gasteiger partial charge in [0.15, 0.2) is 6.29 Å². The maximum absolute atomic E-state index is 11.0. The van der Waals surface area contributed by atoms with Crippen molar-refractivity contribution in [2.75, 3.05) is 6.61 Å². The van der Waals surface area contributed by atoms with Gasteiger partial charge < -0.3 is 9.53 Å². The average Bonchev–Trinajstić information content (AvgIpc) is 2.10. The molecule has 0 aliphatic heterocycles. The van der Waals surface area contributed by atoms with E-state index in [1.165, 1.54) is 6.42 Å². The van der Waals surface area contributed by atoms with Crippen LogP contribution in [-0.4, -0.2) is 18.5 Å². The maximum Gasteiger partial charge on any atom is 0.152 e. The second-order valence-electron chi connectivity index (χ2n) is 3.65. The molecule has 1 aliphatic carbocycles. The molecule has 0 bridgehead atoms. The molecule has 1 fully saturated rings. The van der Waals surface area contributed by atoms with Crippen LogP contribution in [0.5, 0.6) is 0 Å². The van der Waals surface area contributed by atoms with E-state index in [0.717, 1.165) is 25.5 Å². The molecular weight excluding hydrogens is 152 g/mol. The molecule has 0 heterocycles. The molecule has 70 valence electrons. The average molecular weight is 170 g/mol. The fourth-order valence-corrected chi connectivity index (χ4v) is 2.03. The Morgan fingerprint density at radius 2 is 2.33 bits per heavy atom. The highest BCUT2D eigenvalue weighted by atomic mass is 16.5. The van der Waals surface area contributed by atoms with Crippen molar-refractivity contribution >= 4 is 6.29 Å². The molecule has 0 amide bonds. The molecule has 1 aliphatic rings. The number of hydrogen-bond donors (Lipinski definition) is 0. The van der Waals surface area contributed by atoms with Gasteiger partial charge in [0, 0.05) is 6.61 Å². The van der Waals surface area contributed by atoms with Crippen LogP contribution in [0, 0.1) is 5.92 Å². The first-order valence-electron chi connectivity index (χ1n) is 4.85. The normalized spacial score (nSPS) is 36.3. The molecule has 0 radical (unpaired) electrons. The molecule has 2 unspecified atom stereocenters. The van der Waals surface area contributed by atoms with E-state index in [2.05, 4.69) is 6.92 Å². The van der Waals surface area contributed by atoms with E-state index in [4.69, 9.17) is 4.74 Å². The Bertz CT molecular complexity index is 152. The Labute approximate surface area is 74.3 Å². The van der Waals surface area contributed by atoms with Crippen LogP contribution in [0.3, 0.4) is 0 Å². The lowest BCUT2D eigenvalue weighted by atomic mass is 9.77. The van der Waals surface area contributed by atoms with Crippen molar-refractivity contribution in [2.24, 2.45) is 5.92 Å². The lowest BCUT2D eigenvalue weighted by molar-refractivity contribution is -0.143. The topological polar surface area (TPSA) is 26.3 Å². The molecule has 0 aromatic rings. The van der Waals surface area contributed by atoms with E-state index < -0.39 is 5.60 Å². The second-order valence-corrected chi connectivity index (χ2v) is 3.65. The van der Waals surface area contributed by atoms with Crippen LogP contribution in [0.2, 0.25) is 0 Å². The molecule has 0 saturated heterocycles. The van der Waals surface area contributed by atoms with E-state index in [1.54, 1.807) is 0 Å². The third kappa shape index (κ3) is 1.69. The molecule has 1 saturated carbocycles. The third-order valence-corrected chi connectivity index (χ3v) is 2.90. The van der Waals surface area contributed by atoms with Crippen LogP contribution in [-0.2, 0) is 9.53 Å². The van der Waals surface area contributed by atoms with Crippen molar-refractivity contribution in [3.63, 3.8) is 0 Å². The number of hydrogen-bond acceptors (Lipinski definition) is 2. The van der Waals surface area contributed by atoms with Crippen molar-refractivity contribution < 1.29 is 9.53 Å². The van der Waals surface area contributed by atoms with Crippen LogP contribution in [0.15, 0.2) is 0 Å². The molecule has 0 N–H and O–H groups in total. The monoisotopic (exact) mass is 170 g/mol. The molecule has 1 rings (SSSR count). The van der Waals surface area contributed by atoms with Gasteiger partial charge in [-0.2, -0.15) is 0 Å². The van der Waals surface area contributed by atoms with Crippen molar-refractivity contribution in [1.82, 2.24) is 0 Å². The Balaban J connectivity index is 2.66. The molecule has 0 aromatic heterocycles. The molecule has 0 spiro atoms. The fourth-order valence-electron chi connectivity index (χ4n) is 2.03. The number of aldehydes is 1. The molecular formula is C10H18O2. The maximum atomic E-state index is 11.0. The summed E-state index contributed by atoms with van der Waals surface area (Å²) in [5, 5.41) is 0. The molecule has 12 heavy (non-hydrogen) atoms. The summed E-state index contributed by atoms with van der Waals surface area (Å²) in [6.07, 6.45) is 5.41. The summed E-state index contributed by atoms with van der Waals surface area (Å²) >= 11 is 0. The van der Waals surface area contributed by atoms with Gasteiger partial charge in [0.25, 0.3) is 0 Å². The van der Waals surface area contributed by atoms with Crippen molar-refractivity contribution in [3.05, 3.63) is 0 Å². The van der Waals surface area contributed by atoms with Crippen molar-refractivity contribution in [3.8, 4) is 0 Å². The summed E-state index contributed by atoms with van der Waals surface area (Å²) in [5.74, 6) is 0.392. The standard InChI is InChI=1S/C10H18O2/c1-3-12-10(8-11)7-5-4-6-9(10)2/h8-9H,3-7H2,1-2H3. The van der Waals surface area contributed by atoms with Gasteiger partial charge in [-0.25, -0.2) is 0 Å². The van der Waals surface area contributed by atoms with Gasteiger partial charge in [0.05, 0.1) is 0 Å². The van der Waals surface area contributed by atoms with E-state index in [0.29, 0.717) is 12.5 Å². The largest absolute Gasteiger partial charge is 0.368 e. The first-order valence-corrected chi connectivity index (χ1v) is 4.85. The summed E-state index contributed by atoms with van der Waals surface area (Å²) in [7, 11) is 0. The second kappa shape index (κ2) is 4.04. The third-order valence-electron chi connectivity index (χ3n) is 2.90. The highest BCUT2D eigenvalue weighted by Crippen LogP contribution is 2.34. The van der Waals surface area contributed by atoms with Gasteiger partial charge in [0.1, 0.15) is 5.60 Å². The quantitative estimate of drug-likeness (QED) is 0.607. The van der Waals surface area contributed by atoms with Crippen molar-refractivity contribution in [1.29, 1.82) is 0 Å². The van der Waals surface area contributed by atoms with Crippen LogP contribution in [0.25, 0.3) is 0 Å². The Hall–Kier alpha value is -0.370. The number of rotatable bonds is 3. The minimum Gasteiger partial charge on any atom is -0.368 e. The van der Waals surface area contributed by atoms with Gasteiger partial charge in [0.2, 0.25) is 0 Å². The summed E-state index contributed by atoms with van der Waals surface area (Å²) < 4.78 is 5.56. The van der Waals surface area contributed by atoms with E-state index in [-0.39, 0.29) is 0 Å². The van der Waals surface area contributed by atoms with Gasteiger partial charge in [-0.05, 0) is 25.7 Å². The lowest BCUT2D eigenvalue weighted by Crippen LogP contribution is -2.43. The summed E-state index contributed by atoms with van der Waals surface area (Å²) in [5.41, 5.74) is -0.451. The Morgan fingerprint density at radius 3 is 2.83 bits per heavy atom. The highest BCUT2D eigenvalue weighted by molar-refractivity contribution is 5.63. The lowest BCUT2D eigenvalue weighted by Gasteiger charge is -2.37. The minimum atomic E-state index is -0.451. The smallest absolute Gasteiger partial charge is 0.152 e. The first kappa shape index (κ1) is 9.72. The number of carbonyl (C=O) groups excluding carboxylic acids is 1. The summed E-state index contributed by atoms with van der Waals surface area (Å²) in [6, 6.07) is 0. The predicted molar refractivity (Wildman–Crippen MR) is 48.1 cm³/mol. The van der Waals surface area contributed by atoms with Crippen LogP contribution in [0.1, 0.15) is 39.5 Å². The minimum absolute atomic E-state index is 0.392. The molecule has 2 heteroatoms. The van der Waals surface area contributed by atoms with Gasteiger partial charge in [-0.15, -0.1) is 0 Å². The Kier molecular flexibility index (Phi) is 3.27. The van der Waals surface area contributed by atoms with Crippen LogP contribution < -0.4 is 0 Å².